The van der Waals surface area contributed by atoms with Crippen LogP contribution in [0.2, 0.25) is 0 Å². The molecule has 2 heterocycles. The molecule has 1 saturated heterocycles. The first-order chi connectivity index (χ1) is 8.25. The largest absolute Gasteiger partial charge is 0.381 e. The average molecular weight is 235 g/mol. The average Bonchev–Trinajstić information content (AvgIpc) is 2.33. The van der Waals surface area contributed by atoms with Gasteiger partial charge < -0.3 is 10.1 Å². The van der Waals surface area contributed by atoms with Crippen LogP contribution >= 0.6 is 0 Å². The molecular weight excluding hydrogens is 214 g/mol. The van der Waals surface area contributed by atoms with Crippen molar-refractivity contribution in [3.8, 4) is 0 Å². The summed E-state index contributed by atoms with van der Waals surface area (Å²) in [5.74, 6) is 0. The zero-order chi connectivity index (χ0) is 12.1. The van der Waals surface area contributed by atoms with Crippen LogP contribution in [0.4, 0.5) is 5.69 Å². The summed E-state index contributed by atoms with van der Waals surface area (Å²) in [6.45, 7) is 9.17. The third-order valence-corrected chi connectivity index (χ3v) is 3.06. The molecule has 1 unspecified atom stereocenters. The van der Waals surface area contributed by atoms with E-state index in [0.717, 1.165) is 32.8 Å². The number of aromatic nitrogens is 1. The molecule has 1 aliphatic heterocycles. The van der Waals surface area contributed by atoms with E-state index in [1.54, 1.807) is 0 Å². The van der Waals surface area contributed by atoms with Gasteiger partial charge in [-0.2, -0.15) is 0 Å². The van der Waals surface area contributed by atoms with Crippen molar-refractivity contribution in [3.05, 3.63) is 24.0 Å². The Morgan fingerprint density at radius 2 is 2.24 bits per heavy atom. The van der Waals surface area contributed by atoms with E-state index in [4.69, 9.17) is 4.74 Å². The number of hydrogen-bond donors (Lipinski definition) is 1. The summed E-state index contributed by atoms with van der Waals surface area (Å²) in [4.78, 5) is 6.54. The molecule has 0 aromatic carbocycles. The predicted molar refractivity (Wildman–Crippen MR) is 69.3 cm³/mol. The fourth-order valence-electron chi connectivity index (χ4n) is 2.12. The third kappa shape index (κ3) is 3.68. The highest BCUT2D eigenvalue weighted by atomic mass is 16.5. The number of pyridine rings is 1. The summed E-state index contributed by atoms with van der Waals surface area (Å²) < 4.78 is 5.35. The van der Waals surface area contributed by atoms with Crippen molar-refractivity contribution >= 4 is 5.69 Å². The molecule has 0 spiro atoms. The third-order valence-electron chi connectivity index (χ3n) is 3.06. The minimum atomic E-state index is 0.439. The van der Waals surface area contributed by atoms with E-state index in [-0.39, 0.29) is 0 Å². The van der Waals surface area contributed by atoms with Crippen LogP contribution in [0.5, 0.6) is 0 Å². The lowest BCUT2D eigenvalue weighted by Gasteiger charge is -2.29. The Bertz CT molecular complexity index is 350. The Balaban J connectivity index is 1.84. The number of aryl methyl sites for hydroxylation is 1. The van der Waals surface area contributed by atoms with Gasteiger partial charge >= 0.3 is 0 Å². The van der Waals surface area contributed by atoms with Gasteiger partial charge in [-0.3, -0.25) is 9.88 Å². The van der Waals surface area contributed by atoms with Crippen LogP contribution in [-0.2, 0) is 4.74 Å². The number of hydrogen-bond acceptors (Lipinski definition) is 4. The number of nitrogens with zero attached hydrogens (tertiary/aromatic N) is 2. The first-order valence-corrected chi connectivity index (χ1v) is 6.23. The van der Waals surface area contributed by atoms with Crippen molar-refractivity contribution in [2.75, 3.05) is 38.2 Å². The Hall–Kier alpha value is -1.13. The van der Waals surface area contributed by atoms with Gasteiger partial charge in [0.25, 0.3) is 0 Å². The van der Waals surface area contributed by atoms with E-state index in [1.165, 1.54) is 11.3 Å². The van der Waals surface area contributed by atoms with Crippen LogP contribution in [0.3, 0.4) is 0 Å². The molecule has 0 saturated carbocycles. The molecule has 2 rings (SSSR count). The topological polar surface area (TPSA) is 37.4 Å². The molecule has 94 valence electrons. The summed E-state index contributed by atoms with van der Waals surface area (Å²) in [6.07, 6.45) is 3.72. The second kappa shape index (κ2) is 5.98. The maximum Gasteiger partial charge on any atom is 0.0594 e. The second-order valence-electron chi connectivity index (χ2n) is 4.65. The fourth-order valence-corrected chi connectivity index (χ4v) is 2.12. The van der Waals surface area contributed by atoms with Crippen LogP contribution < -0.4 is 5.32 Å². The maximum absolute atomic E-state index is 5.35. The molecule has 1 aromatic rings. The lowest BCUT2D eigenvalue weighted by atomic mass is 10.2. The summed E-state index contributed by atoms with van der Waals surface area (Å²) in [5.41, 5.74) is 2.38. The molecule has 0 aliphatic carbocycles. The standard InChI is InChI=1S/C13H21N3O/c1-11-9-14-4-3-13(11)15-12(2)10-16-5-7-17-8-6-16/h3-4,9,12H,5-8,10H2,1-2H3,(H,14,15). The minimum absolute atomic E-state index is 0.439. The first-order valence-electron chi connectivity index (χ1n) is 6.23. The molecule has 4 nitrogen and oxygen atoms in total. The molecule has 0 radical (unpaired) electrons. The van der Waals surface area contributed by atoms with Gasteiger partial charge in [0.15, 0.2) is 0 Å². The molecule has 0 amide bonds. The van der Waals surface area contributed by atoms with Crippen LogP contribution in [-0.4, -0.2) is 48.8 Å². The summed E-state index contributed by atoms with van der Waals surface area (Å²) >= 11 is 0. The monoisotopic (exact) mass is 235 g/mol. The van der Waals surface area contributed by atoms with E-state index in [0.29, 0.717) is 6.04 Å². The number of morpholine rings is 1. The van der Waals surface area contributed by atoms with E-state index in [9.17, 15) is 0 Å². The molecule has 1 fully saturated rings. The van der Waals surface area contributed by atoms with Crippen molar-refractivity contribution in [1.29, 1.82) is 0 Å². The minimum Gasteiger partial charge on any atom is -0.381 e. The molecule has 1 N–H and O–H groups in total. The van der Waals surface area contributed by atoms with Crippen LogP contribution in [0.25, 0.3) is 0 Å². The normalized spacial score (nSPS) is 18.9. The molecule has 1 atom stereocenters. The Morgan fingerprint density at radius 1 is 1.47 bits per heavy atom. The summed E-state index contributed by atoms with van der Waals surface area (Å²) in [7, 11) is 0. The van der Waals surface area contributed by atoms with Crippen molar-refractivity contribution in [1.82, 2.24) is 9.88 Å². The van der Waals surface area contributed by atoms with Crippen molar-refractivity contribution in [2.24, 2.45) is 0 Å². The number of anilines is 1. The van der Waals surface area contributed by atoms with Crippen molar-refractivity contribution in [3.63, 3.8) is 0 Å². The van der Waals surface area contributed by atoms with Crippen molar-refractivity contribution in [2.45, 2.75) is 19.9 Å². The first kappa shape index (κ1) is 12.3. The van der Waals surface area contributed by atoms with E-state index in [2.05, 4.69) is 29.0 Å². The Labute approximate surface area is 103 Å². The van der Waals surface area contributed by atoms with E-state index >= 15 is 0 Å². The molecule has 1 aliphatic rings. The second-order valence-corrected chi connectivity index (χ2v) is 4.65. The molecule has 1 aromatic heterocycles. The van der Waals surface area contributed by atoms with E-state index < -0.39 is 0 Å². The smallest absolute Gasteiger partial charge is 0.0594 e. The predicted octanol–water partition coefficient (Wildman–Crippen LogP) is 1.52. The quantitative estimate of drug-likeness (QED) is 0.858. The fraction of sp³-hybridized carbons (Fsp3) is 0.615. The number of ether oxygens (including phenoxy) is 1. The van der Waals surface area contributed by atoms with Crippen LogP contribution in [0.15, 0.2) is 18.5 Å². The molecular formula is C13H21N3O. The number of rotatable bonds is 4. The van der Waals surface area contributed by atoms with Gasteiger partial charge in [-0.15, -0.1) is 0 Å². The summed E-state index contributed by atoms with van der Waals surface area (Å²) in [5, 5.41) is 3.53. The zero-order valence-corrected chi connectivity index (χ0v) is 10.6. The zero-order valence-electron chi connectivity index (χ0n) is 10.6. The molecule has 17 heavy (non-hydrogen) atoms. The van der Waals surface area contributed by atoms with Gasteiger partial charge in [-0.25, -0.2) is 0 Å². The summed E-state index contributed by atoms with van der Waals surface area (Å²) in [6, 6.07) is 2.47. The van der Waals surface area contributed by atoms with Gasteiger partial charge in [-0.05, 0) is 25.5 Å². The van der Waals surface area contributed by atoms with Gasteiger partial charge in [0.05, 0.1) is 13.2 Å². The van der Waals surface area contributed by atoms with Gasteiger partial charge in [-0.1, -0.05) is 0 Å². The van der Waals surface area contributed by atoms with Crippen LogP contribution in [0, 0.1) is 6.92 Å². The highest BCUT2D eigenvalue weighted by Crippen LogP contribution is 2.13. The highest BCUT2D eigenvalue weighted by molar-refractivity contribution is 5.49. The van der Waals surface area contributed by atoms with Crippen molar-refractivity contribution < 1.29 is 4.74 Å². The molecule has 4 heteroatoms. The SMILES string of the molecule is Cc1cnccc1NC(C)CN1CCOCC1. The lowest BCUT2D eigenvalue weighted by Crippen LogP contribution is -2.42. The Kier molecular flexibility index (Phi) is 4.34. The van der Waals surface area contributed by atoms with Crippen LogP contribution in [0.1, 0.15) is 12.5 Å². The highest BCUT2D eigenvalue weighted by Gasteiger charge is 2.13. The van der Waals surface area contributed by atoms with E-state index in [1.807, 2.05) is 18.5 Å². The lowest BCUT2D eigenvalue weighted by molar-refractivity contribution is 0.0368. The van der Waals surface area contributed by atoms with Gasteiger partial charge in [0, 0.05) is 43.8 Å². The van der Waals surface area contributed by atoms with Gasteiger partial charge in [0.1, 0.15) is 0 Å². The Morgan fingerprint density at radius 3 is 2.94 bits per heavy atom. The number of nitrogens with one attached hydrogen (secondary N) is 1. The molecule has 0 bridgehead atoms. The van der Waals surface area contributed by atoms with Gasteiger partial charge in [0.2, 0.25) is 0 Å². The maximum atomic E-state index is 5.35.